The Labute approximate surface area is 108 Å². The van der Waals surface area contributed by atoms with Gasteiger partial charge >= 0.3 is 0 Å². The molecule has 1 aromatic heterocycles. The van der Waals surface area contributed by atoms with E-state index in [-0.39, 0.29) is 0 Å². The van der Waals surface area contributed by atoms with Crippen LogP contribution in [-0.2, 0) is 6.54 Å². The van der Waals surface area contributed by atoms with E-state index in [1.165, 1.54) is 4.88 Å². The van der Waals surface area contributed by atoms with Crippen LogP contribution in [0.25, 0.3) is 0 Å². The number of nitrogens with one attached hydrogen (secondary N) is 1. The van der Waals surface area contributed by atoms with Crippen molar-refractivity contribution in [1.29, 1.82) is 0 Å². The molecular weight excluding hydrogens is 290 g/mol. The smallest absolute Gasteiger partial charge is 0.139 e. The topological polar surface area (TPSA) is 70.6 Å². The molecule has 0 bridgehead atoms. The number of rotatable bonds is 7. The zero-order valence-corrected chi connectivity index (χ0v) is 11.4. The molecule has 0 fully saturated rings. The second-order valence-electron chi connectivity index (χ2n) is 3.43. The Morgan fingerprint density at radius 1 is 1.50 bits per heavy atom. The highest BCUT2D eigenvalue weighted by Gasteiger charge is 1.97. The molecule has 1 rings (SSSR count). The van der Waals surface area contributed by atoms with Crippen molar-refractivity contribution in [3.63, 3.8) is 0 Å². The second kappa shape index (κ2) is 7.65. The van der Waals surface area contributed by atoms with Crippen molar-refractivity contribution in [1.82, 2.24) is 5.32 Å². The van der Waals surface area contributed by atoms with Gasteiger partial charge in [0.2, 0.25) is 0 Å². The molecule has 1 heterocycles. The van der Waals surface area contributed by atoms with E-state index in [0.717, 1.165) is 29.7 Å². The van der Waals surface area contributed by atoms with E-state index in [0.29, 0.717) is 12.3 Å². The predicted octanol–water partition coefficient (Wildman–Crippen LogP) is 2.52. The molecule has 0 aliphatic carbocycles. The van der Waals surface area contributed by atoms with Crippen LogP contribution in [0.3, 0.4) is 0 Å². The van der Waals surface area contributed by atoms with E-state index in [1.54, 1.807) is 11.3 Å². The summed E-state index contributed by atoms with van der Waals surface area (Å²) in [7, 11) is 0. The van der Waals surface area contributed by atoms with E-state index in [4.69, 9.17) is 10.9 Å². The number of thiophene rings is 1. The fourth-order valence-electron chi connectivity index (χ4n) is 1.26. The van der Waals surface area contributed by atoms with Crippen molar-refractivity contribution >= 4 is 33.1 Å². The second-order valence-corrected chi connectivity index (χ2v) is 5.98. The first-order chi connectivity index (χ1) is 7.72. The molecule has 0 amide bonds. The zero-order chi connectivity index (χ0) is 11.8. The quantitative estimate of drug-likeness (QED) is 0.238. The lowest BCUT2D eigenvalue weighted by molar-refractivity contribution is 0.316. The third kappa shape index (κ3) is 5.48. The van der Waals surface area contributed by atoms with Gasteiger partial charge in [0, 0.05) is 17.8 Å². The van der Waals surface area contributed by atoms with Crippen molar-refractivity contribution in [2.45, 2.75) is 25.8 Å². The van der Waals surface area contributed by atoms with Gasteiger partial charge in [0.15, 0.2) is 0 Å². The van der Waals surface area contributed by atoms with Gasteiger partial charge < -0.3 is 16.3 Å². The van der Waals surface area contributed by atoms with Gasteiger partial charge in [-0.05, 0) is 47.4 Å². The van der Waals surface area contributed by atoms with E-state index < -0.39 is 0 Å². The van der Waals surface area contributed by atoms with E-state index in [9.17, 15) is 0 Å². The molecule has 4 nitrogen and oxygen atoms in total. The van der Waals surface area contributed by atoms with Gasteiger partial charge in [0.1, 0.15) is 5.84 Å². The lowest BCUT2D eigenvalue weighted by Crippen LogP contribution is -2.15. The van der Waals surface area contributed by atoms with Crippen molar-refractivity contribution in [2.24, 2.45) is 10.9 Å². The molecular formula is C10H16BrN3OS. The summed E-state index contributed by atoms with van der Waals surface area (Å²) in [6, 6.07) is 4.16. The molecule has 0 unspecified atom stereocenters. The molecule has 1 aromatic rings. The van der Waals surface area contributed by atoms with Crippen molar-refractivity contribution < 1.29 is 5.21 Å². The standard InChI is InChI=1S/C10H16BrN3OS/c11-9-5-4-8(16-9)7-13-6-2-1-3-10(12)14-15/h4-5,13,15H,1-3,6-7H2,(H2,12,14). The van der Waals surface area contributed by atoms with E-state index >= 15 is 0 Å². The van der Waals surface area contributed by atoms with Crippen LogP contribution in [0.1, 0.15) is 24.1 Å². The van der Waals surface area contributed by atoms with Crippen LogP contribution in [-0.4, -0.2) is 17.6 Å². The van der Waals surface area contributed by atoms with Gasteiger partial charge in [-0.15, -0.1) is 11.3 Å². The van der Waals surface area contributed by atoms with E-state index in [2.05, 4.69) is 38.5 Å². The first-order valence-corrected chi connectivity index (χ1v) is 6.74. The maximum absolute atomic E-state index is 8.33. The molecule has 0 aliphatic heterocycles. The lowest BCUT2D eigenvalue weighted by atomic mass is 10.2. The molecule has 0 atom stereocenters. The first-order valence-electron chi connectivity index (χ1n) is 5.13. The summed E-state index contributed by atoms with van der Waals surface area (Å²) in [6.07, 6.45) is 2.63. The Morgan fingerprint density at radius 3 is 2.94 bits per heavy atom. The maximum atomic E-state index is 8.33. The number of amidine groups is 1. The molecule has 16 heavy (non-hydrogen) atoms. The minimum atomic E-state index is 0.308. The van der Waals surface area contributed by atoms with Crippen molar-refractivity contribution in [3.8, 4) is 0 Å². The number of halogens is 1. The van der Waals surface area contributed by atoms with Gasteiger partial charge in [-0.2, -0.15) is 0 Å². The highest BCUT2D eigenvalue weighted by atomic mass is 79.9. The summed E-state index contributed by atoms with van der Waals surface area (Å²) in [5.74, 6) is 0.308. The Balaban J connectivity index is 2.00. The number of unbranched alkanes of at least 4 members (excludes halogenated alkanes) is 1. The lowest BCUT2D eigenvalue weighted by Gasteiger charge is -2.02. The minimum absolute atomic E-state index is 0.308. The molecule has 0 aliphatic rings. The van der Waals surface area contributed by atoms with Crippen LogP contribution in [0.2, 0.25) is 0 Å². The van der Waals surface area contributed by atoms with Crippen LogP contribution in [0.15, 0.2) is 21.1 Å². The minimum Gasteiger partial charge on any atom is -0.409 e. The fourth-order valence-corrected chi connectivity index (χ4v) is 2.72. The monoisotopic (exact) mass is 305 g/mol. The Hall–Kier alpha value is -0.590. The summed E-state index contributed by atoms with van der Waals surface area (Å²) in [5, 5.41) is 14.6. The van der Waals surface area contributed by atoms with Gasteiger partial charge in [-0.25, -0.2) is 0 Å². The highest BCUT2D eigenvalue weighted by molar-refractivity contribution is 9.11. The average molecular weight is 306 g/mol. The van der Waals surface area contributed by atoms with Crippen LogP contribution in [0, 0.1) is 0 Å². The largest absolute Gasteiger partial charge is 0.409 e. The first kappa shape index (κ1) is 13.5. The van der Waals surface area contributed by atoms with Crippen LogP contribution >= 0.6 is 27.3 Å². The van der Waals surface area contributed by atoms with Crippen molar-refractivity contribution in [2.75, 3.05) is 6.54 Å². The molecule has 4 N–H and O–H groups in total. The number of hydrogen-bond acceptors (Lipinski definition) is 4. The summed E-state index contributed by atoms with van der Waals surface area (Å²) in [4.78, 5) is 1.32. The van der Waals surface area contributed by atoms with Crippen molar-refractivity contribution in [3.05, 3.63) is 20.8 Å². The summed E-state index contributed by atoms with van der Waals surface area (Å²) < 4.78 is 1.16. The molecule has 0 saturated heterocycles. The summed E-state index contributed by atoms with van der Waals surface area (Å²) in [5.41, 5.74) is 5.36. The molecule has 0 radical (unpaired) electrons. The molecule has 6 heteroatoms. The Bertz CT molecular complexity index is 341. The Morgan fingerprint density at radius 2 is 2.31 bits per heavy atom. The van der Waals surface area contributed by atoms with E-state index in [1.807, 2.05) is 0 Å². The molecule has 0 spiro atoms. The predicted molar refractivity (Wildman–Crippen MR) is 71.0 cm³/mol. The van der Waals surface area contributed by atoms with Gasteiger partial charge in [-0.3, -0.25) is 0 Å². The molecule has 0 aromatic carbocycles. The third-order valence-corrected chi connectivity index (χ3v) is 3.72. The normalized spacial score (nSPS) is 11.9. The van der Waals surface area contributed by atoms with Gasteiger partial charge in [0.05, 0.1) is 3.79 Å². The third-order valence-electron chi connectivity index (χ3n) is 2.09. The zero-order valence-electron chi connectivity index (χ0n) is 8.95. The highest BCUT2D eigenvalue weighted by Crippen LogP contribution is 2.21. The van der Waals surface area contributed by atoms with Crippen LogP contribution < -0.4 is 11.1 Å². The SMILES string of the molecule is NC(CCCCNCc1ccc(Br)s1)=NO. The fraction of sp³-hybridized carbons (Fsp3) is 0.500. The molecule has 0 saturated carbocycles. The average Bonchev–Trinajstić information content (AvgIpc) is 2.69. The number of oxime groups is 1. The van der Waals surface area contributed by atoms with Crippen LogP contribution in [0.4, 0.5) is 0 Å². The number of nitrogens with zero attached hydrogens (tertiary/aromatic N) is 1. The number of nitrogens with two attached hydrogens (primary N) is 1. The van der Waals surface area contributed by atoms with Gasteiger partial charge in [0.25, 0.3) is 0 Å². The number of hydrogen-bond donors (Lipinski definition) is 3. The van der Waals surface area contributed by atoms with Gasteiger partial charge in [-0.1, -0.05) is 5.16 Å². The van der Waals surface area contributed by atoms with Crippen LogP contribution in [0.5, 0.6) is 0 Å². The maximum Gasteiger partial charge on any atom is 0.139 e. The Kier molecular flexibility index (Phi) is 6.44. The summed E-state index contributed by atoms with van der Waals surface area (Å²) in [6.45, 7) is 1.86. The summed E-state index contributed by atoms with van der Waals surface area (Å²) >= 11 is 5.17. The molecule has 90 valence electrons.